The molecular formula is C23H33NO2. The molecule has 0 saturated heterocycles. The van der Waals surface area contributed by atoms with Gasteiger partial charge in [-0.1, -0.05) is 76.6 Å². The maximum Gasteiger partial charge on any atom is 0.137 e. The lowest BCUT2D eigenvalue weighted by Crippen LogP contribution is -2.00. The van der Waals surface area contributed by atoms with E-state index in [1.807, 2.05) is 43.3 Å². The molecule has 2 aromatic rings. The highest BCUT2D eigenvalue weighted by Crippen LogP contribution is 2.29. The van der Waals surface area contributed by atoms with Gasteiger partial charge in [-0.25, -0.2) is 0 Å². The second-order valence-corrected chi connectivity index (χ2v) is 6.86. The number of hydrogen-bond acceptors (Lipinski definition) is 3. The van der Waals surface area contributed by atoms with Gasteiger partial charge < -0.3 is 9.84 Å². The van der Waals surface area contributed by atoms with Crippen molar-refractivity contribution in [2.24, 2.45) is 0 Å². The van der Waals surface area contributed by atoms with Gasteiger partial charge in [-0.2, -0.15) is 0 Å². The first-order valence-corrected chi connectivity index (χ1v) is 10.1. The zero-order valence-electron chi connectivity index (χ0n) is 16.3. The first kappa shape index (κ1) is 20.4. The number of unbranched alkanes of at least 4 members (excludes halogenated alkanes) is 6. The maximum atomic E-state index is 10.2. The van der Waals surface area contributed by atoms with Gasteiger partial charge in [0, 0.05) is 5.56 Å². The van der Waals surface area contributed by atoms with Crippen LogP contribution in [0.25, 0.3) is 11.3 Å². The quantitative estimate of drug-likeness (QED) is 0.453. The Kier molecular flexibility index (Phi) is 9.19. The average molecular weight is 356 g/mol. The van der Waals surface area contributed by atoms with Crippen molar-refractivity contribution >= 4 is 0 Å². The molecule has 0 spiro atoms. The van der Waals surface area contributed by atoms with Gasteiger partial charge in [0.25, 0.3) is 0 Å². The maximum absolute atomic E-state index is 10.2. The fourth-order valence-electron chi connectivity index (χ4n) is 3.11. The Bertz CT molecular complexity index is 624. The lowest BCUT2D eigenvalue weighted by atomic mass is 9.98. The van der Waals surface area contributed by atoms with Crippen molar-refractivity contribution in [2.45, 2.75) is 71.3 Å². The molecule has 0 radical (unpaired) electrons. The van der Waals surface area contributed by atoms with E-state index in [4.69, 9.17) is 4.74 Å². The minimum atomic E-state index is -0.457. The Morgan fingerprint density at radius 2 is 1.65 bits per heavy atom. The van der Waals surface area contributed by atoms with Crippen LogP contribution in [0.4, 0.5) is 0 Å². The fourth-order valence-corrected chi connectivity index (χ4v) is 3.11. The van der Waals surface area contributed by atoms with E-state index in [0.29, 0.717) is 6.42 Å². The van der Waals surface area contributed by atoms with Crippen LogP contribution in [0.2, 0.25) is 0 Å². The molecule has 0 aliphatic heterocycles. The molecule has 0 fully saturated rings. The van der Waals surface area contributed by atoms with Gasteiger partial charge in [0.15, 0.2) is 0 Å². The van der Waals surface area contributed by atoms with Crippen LogP contribution in [-0.2, 0) is 0 Å². The molecule has 0 saturated carbocycles. The largest absolute Gasteiger partial charge is 0.492 e. The summed E-state index contributed by atoms with van der Waals surface area (Å²) in [5.74, 6) is 0.813. The van der Waals surface area contributed by atoms with Crippen LogP contribution >= 0.6 is 0 Å². The molecule has 2 rings (SSSR count). The van der Waals surface area contributed by atoms with Crippen LogP contribution in [-0.4, -0.2) is 16.7 Å². The summed E-state index contributed by atoms with van der Waals surface area (Å²) in [6.07, 6.45) is 11.0. The van der Waals surface area contributed by atoms with Crippen molar-refractivity contribution in [3.05, 3.63) is 48.2 Å². The molecule has 1 aromatic carbocycles. The molecule has 0 aliphatic rings. The number of rotatable bonds is 12. The summed E-state index contributed by atoms with van der Waals surface area (Å²) in [7, 11) is 0. The fraction of sp³-hybridized carbons (Fsp3) is 0.522. The molecule has 3 heteroatoms. The highest BCUT2D eigenvalue weighted by atomic mass is 16.5. The molecule has 1 aromatic heterocycles. The van der Waals surface area contributed by atoms with Gasteiger partial charge >= 0.3 is 0 Å². The van der Waals surface area contributed by atoms with Crippen molar-refractivity contribution < 1.29 is 9.84 Å². The number of aliphatic hydroxyl groups is 1. The van der Waals surface area contributed by atoms with E-state index in [2.05, 4.69) is 11.9 Å². The predicted octanol–water partition coefficient (Wildman–Crippen LogP) is 6.32. The number of hydrogen-bond donors (Lipinski definition) is 1. The van der Waals surface area contributed by atoms with Crippen LogP contribution in [0, 0.1) is 0 Å². The molecule has 3 nitrogen and oxygen atoms in total. The number of aliphatic hydroxyl groups excluding tert-OH is 1. The van der Waals surface area contributed by atoms with E-state index in [9.17, 15) is 5.11 Å². The summed E-state index contributed by atoms with van der Waals surface area (Å²) in [5, 5.41) is 10.2. The third kappa shape index (κ3) is 6.45. The zero-order chi connectivity index (χ0) is 18.6. The first-order valence-electron chi connectivity index (χ1n) is 10.1. The Labute approximate surface area is 158 Å². The smallest absolute Gasteiger partial charge is 0.137 e. The highest BCUT2D eigenvalue weighted by Gasteiger charge is 2.12. The molecule has 0 amide bonds. The number of nitrogens with zero attached hydrogens (tertiary/aromatic N) is 1. The lowest BCUT2D eigenvalue weighted by molar-refractivity contribution is 0.174. The minimum absolute atomic E-state index is 0.457. The second-order valence-electron chi connectivity index (χ2n) is 6.86. The van der Waals surface area contributed by atoms with Crippen LogP contribution < -0.4 is 4.74 Å². The molecule has 142 valence electrons. The third-order valence-corrected chi connectivity index (χ3v) is 4.74. The van der Waals surface area contributed by atoms with Crippen molar-refractivity contribution in [1.29, 1.82) is 0 Å². The van der Waals surface area contributed by atoms with Crippen LogP contribution in [0.1, 0.15) is 76.9 Å². The molecule has 1 N–H and O–H groups in total. The summed E-state index contributed by atoms with van der Waals surface area (Å²) in [5.41, 5.74) is 2.79. The predicted molar refractivity (Wildman–Crippen MR) is 108 cm³/mol. The van der Waals surface area contributed by atoms with Crippen molar-refractivity contribution in [1.82, 2.24) is 4.98 Å². The van der Waals surface area contributed by atoms with Crippen LogP contribution in [0.15, 0.2) is 42.6 Å². The molecular weight excluding hydrogens is 322 g/mol. The molecule has 26 heavy (non-hydrogen) atoms. The van der Waals surface area contributed by atoms with Gasteiger partial charge in [0.2, 0.25) is 0 Å². The molecule has 1 heterocycles. The first-order chi connectivity index (χ1) is 12.8. The van der Waals surface area contributed by atoms with Gasteiger partial charge in [0.05, 0.1) is 24.6 Å². The Morgan fingerprint density at radius 1 is 0.923 bits per heavy atom. The van der Waals surface area contributed by atoms with Crippen LogP contribution in [0.5, 0.6) is 5.75 Å². The number of pyridine rings is 1. The van der Waals surface area contributed by atoms with E-state index in [1.165, 1.54) is 38.5 Å². The molecule has 1 unspecified atom stereocenters. The van der Waals surface area contributed by atoms with Crippen molar-refractivity contribution in [3.63, 3.8) is 0 Å². The van der Waals surface area contributed by atoms with Crippen molar-refractivity contribution in [2.75, 3.05) is 6.61 Å². The summed E-state index contributed by atoms with van der Waals surface area (Å²) < 4.78 is 5.81. The van der Waals surface area contributed by atoms with E-state index >= 15 is 0 Å². The van der Waals surface area contributed by atoms with E-state index in [-0.39, 0.29) is 0 Å². The van der Waals surface area contributed by atoms with Gasteiger partial charge in [-0.05, 0) is 30.5 Å². The molecule has 1 atom stereocenters. The average Bonchev–Trinajstić information content (AvgIpc) is 2.70. The number of aromatic nitrogens is 1. The number of benzene rings is 1. The van der Waals surface area contributed by atoms with Crippen LogP contribution in [0.3, 0.4) is 0 Å². The monoisotopic (exact) mass is 355 g/mol. The van der Waals surface area contributed by atoms with E-state index in [0.717, 1.165) is 35.6 Å². The molecule has 0 aliphatic carbocycles. The Balaban J connectivity index is 1.82. The highest BCUT2D eigenvalue weighted by molar-refractivity contribution is 5.64. The Hall–Kier alpha value is -1.87. The van der Waals surface area contributed by atoms with Gasteiger partial charge in [-0.3, -0.25) is 4.98 Å². The summed E-state index contributed by atoms with van der Waals surface area (Å²) in [6, 6.07) is 11.9. The van der Waals surface area contributed by atoms with Gasteiger partial charge in [0.1, 0.15) is 5.75 Å². The SMILES string of the molecule is CCCCCCCCCOc1ccc(-c2ccccc2C(O)CC)nc1. The summed E-state index contributed by atoms with van der Waals surface area (Å²) in [4.78, 5) is 4.54. The topological polar surface area (TPSA) is 42.4 Å². The Morgan fingerprint density at radius 3 is 2.35 bits per heavy atom. The van der Waals surface area contributed by atoms with Crippen molar-refractivity contribution in [3.8, 4) is 17.0 Å². The second kappa shape index (κ2) is 11.7. The van der Waals surface area contributed by atoms with E-state index in [1.54, 1.807) is 6.20 Å². The summed E-state index contributed by atoms with van der Waals surface area (Å²) >= 11 is 0. The number of ether oxygens (including phenoxy) is 1. The normalized spacial score (nSPS) is 12.1. The third-order valence-electron chi connectivity index (χ3n) is 4.74. The lowest BCUT2D eigenvalue weighted by Gasteiger charge is -2.14. The summed E-state index contributed by atoms with van der Waals surface area (Å²) in [6.45, 7) is 4.98. The standard InChI is InChI=1S/C23H33NO2/c1-3-5-6-7-8-9-12-17-26-19-15-16-22(24-18-19)20-13-10-11-14-21(20)23(25)4-2/h10-11,13-16,18,23,25H,3-9,12,17H2,1-2H3. The van der Waals surface area contributed by atoms with E-state index < -0.39 is 6.10 Å². The zero-order valence-corrected chi connectivity index (χ0v) is 16.3. The minimum Gasteiger partial charge on any atom is -0.492 e. The molecule has 0 bridgehead atoms. The van der Waals surface area contributed by atoms with Gasteiger partial charge in [-0.15, -0.1) is 0 Å².